The maximum Gasteiger partial charge on any atom is 0.430 e. The van der Waals surface area contributed by atoms with E-state index in [1.54, 1.807) is 13.8 Å². The normalized spacial score (nSPS) is 34.9. The minimum atomic E-state index is -6.32. The Balaban J connectivity index is 0.000000166. The molecule has 0 radical (unpaired) electrons. The van der Waals surface area contributed by atoms with Crippen molar-refractivity contribution in [3.63, 3.8) is 0 Å². The molecule has 3 saturated heterocycles. The Hall–Kier alpha value is -4.69. The number of aliphatic hydroxyl groups excluding tert-OH is 1. The molecule has 9 aliphatic carbocycles. The predicted molar refractivity (Wildman–Crippen MR) is 262 cm³/mol. The SMILES string of the molecule is C=C(C)C(=O)OCOC1C2CC3CC(C2)CC1C3.CC(=C=O)C(=O)OC1C2CC3COC1C3O2.CC(=CC(O)(C(F)(F)F)C(F)(F)F)C(=O)OC1CCCC(C(O)(C(F)(F)F)C(F)(F)F)C1.CC(=CO)C(=O)OC12CC3CC(CC(C3)C1)C2. The summed E-state index contributed by atoms with van der Waals surface area (Å²) in [7, 11) is 0. The van der Waals surface area contributed by atoms with Crippen molar-refractivity contribution in [2.45, 2.75) is 209 Å². The smallest absolute Gasteiger partial charge is 0.430 e. The summed E-state index contributed by atoms with van der Waals surface area (Å²) in [6.07, 6.45) is -15.1. The lowest BCUT2D eigenvalue weighted by molar-refractivity contribution is -0.388. The molecule has 15 nitrogen and oxygen atoms in total. The molecule has 468 valence electrons. The Morgan fingerprint density at radius 2 is 1.16 bits per heavy atom. The minimum Gasteiger partial charge on any atom is -0.515 e. The predicted octanol–water partition coefficient (Wildman–Crippen LogP) is 10.5. The second-order valence-electron chi connectivity index (χ2n) is 24.5. The molecule has 0 spiro atoms. The topological polar surface area (TPSA) is 211 Å². The summed E-state index contributed by atoms with van der Waals surface area (Å²) in [4.78, 5) is 56.7. The lowest BCUT2D eigenvalue weighted by Crippen LogP contribution is -2.62. The Morgan fingerprint density at radius 1 is 0.627 bits per heavy atom. The van der Waals surface area contributed by atoms with Crippen LogP contribution in [0.1, 0.15) is 130 Å². The van der Waals surface area contributed by atoms with Gasteiger partial charge in [0.15, 0.2) is 12.9 Å². The molecule has 12 aliphatic rings. The fourth-order valence-corrected chi connectivity index (χ4v) is 14.9. The highest BCUT2D eigenvalue weighted by molar-refractivity contribution is 5.96. The number of carbonyl (C=O) groups excluding carboxylic acids is 5. The first-order valence-corrected chi connectivity index (χ1v) is 27.7. The van der Waals surface area contributed by atoms with E-state index in [0.29, 0.717) is 48.5 Å². The number of hydrogen-bond donors (Lipinski definition) is 3. The van der Waals surface area contributed by atoms with Crippen molar-refractivity contribution in [2.75, 3.05) is 13.4 Å². The monoisotopic (exact) mass is 1210 g/mol. The van der Waals surface area contributed by atoms with Crippen LogP contribution in [0.5, 0.6) is 0 Å². The second-order valence-corrected chi connectivity index (χ2v) is 24.5. The second kappa shape index (κ2) is 25.0. The number of ether oxygens (including phenoxy) is 7. The molecule has 3 N–H and O–H groups in total. The molecule has 9 saturated carbocycles. The van der Waals surface area contributed by atoms with Gasteiger partial charge in [0, 0.05) is 23.0 Å². The zero-order valence-electron chi connectivity index (χ0n) is 46.0. The van der Waals surface area contributed by atoms with Crippen LogP contribution < -0.4 is 0 Å². The van der Waals surface area contributed by atoms with Crippen LogP contribution in [0, 0.1) is 53.3 Å². The van der Waals surface area contributed by atoms with Gasteiger partial charge in [0.2, 0.25) is 0 Å². The van der Waals surface area contributed by atoms with E-state index < -0.39 is 90.8 Å². The van der Waals surface area contributed by atoms with Gasteiger partial charge in [0.25, 0.3) is 11.2 Å². The molecule has 12 rings (SSSR count). The van der Waals surface area contributed by atoms with Crippen LogP contribution in [0.3, 0.4) is 0 Å². The van der Waals surface area contributed by atoms with Crippen molar-refractivity contribution < 1.29 is 125 Å². The third-order valence-corrected chi connectivity index (χ3v) is 18.3. The number of alkyl halides is 12. The molecule has 7 atom stereocenters. The minimum absolute atomic E-state index is 0.0441. The number of aliphatic hydroxyl groups is 3. The molecule has 0 aromatic carbocycles. The maximum atomic E-state index is 13.0. The fraction of sp³-hybridized carbons (Fsp3) is 0.786. The van der Waals surface area contributed by atoms with E-state index in [4.69, 9.17) is 38.6 Å². The maximum absolute atomic E-state index is 13.0. The summed E-state index contributed by atoms with van der Waals surface area (Å²) in [5.41, 5.74) is -11.6. The van der Waals surface area contributed by atoms with E-state index in [1.165, 1.54) is 64.2 Å². The average Bonchev–Trinajstić information content (AvgIpc) is 3.81. The van der Waals surface area contributed by atoms with Crippen molar-refractivity contribution in [2.24, 2.45) is 53.3 Å². The van der Waals surface area contributed by atoms with Crippen molar-refractivity contribution in [1.29, 1.82) is 0 Å². The van der Waals surface area contributed by atoms with Gasteiger partial charge in [-0.1, -0.05) is 6.58 Å². The highest BCUT2D eigenvalue weighted by atomic mass is 19.4. The quantitative estimate of drug-likeness (QED) is 0.0316. The van der Waals surface area contributed by atoms with Crippen molar-refractivity contribution in [1.82, 2.24) is 0 Å². The van der Waals surface area contributed by atoms with E-state index in [9.17, 15) is 81.8 Å². The van der Waals surface area contributed by atoms with Crippen LogP contribution in [0.2, 0.25) is 0 Å². The number of carbonyl (C=O) groups is 4. The van der Waals surface area contributed by atoms with Crippen LogP contribution in [-0.2, 0) is 57.1 Å². The Kier molecular flexibility index (Phi) is 19.8. The van der Waals surface area contributed by atoms with Gasteiger partial charge in [-0.25, -0.2) is 24.0 Å². The molecule has 0 aromatic heterocycles. The average molecular weight is 1210 g/mol. The molecule has 0 aromatic rings. The fourth-order valence-electron chi connectivity index (χ4n) is 14.9. The molecule has 12 fully saturated rings. The highest BCUT2D eigenvalue weighted by Gasteiger charge is 2.74. The van der Waals surface area contributed by atoms with Gasteiger partial charge in [-0.2, -0.15) is 52.7 Å². The third kappa shape index (κ3) is 14.3. The summed E-state index contributed by atoms with van der Waals surface area (Å²) in [6, 6.07) is 0. The van der Waals surface area contributed by atoms with Gasteiger partial charge in [0.1, 0.15) is 29.3 Å². The standard InChI is InChI=1S/C16H16F12O4.C15H22O3.C14H20O3.C11H12O5/c1-7(6-11(30,13(17,18)19)14(20,21)22)10(29)32-9-4-2-3-8(5-9)12(31,15(23,24)25)16(26,27)28;1-9(2)15(16)18-8-17-14-12-4-10-3-11(6-12)7-13(14)5-10;1-9(8-15)13(16)17-14-5-10-2-11(6-14)4-12(3-10)7-14;1-5(3-12)11(13)16-9-7-2-6-4-14-10(9)8(6)15-7/h6,8-9,30-31H,2-5H2,1H3;10-14H,1,3-8H2,2H3;8,10-12,15H,2-7H2,1H3;6-10H,2,4H2,1H3. The van der Waals surface area contributed by atoms with Crippen LogP contribution in [0.4, 0.5) is 52.7 Å². The summed E-state index contributed by atoms with van der Waals surface area (Å²) in [5, 5.41) is 27.3. The third-order valence-electron chi connectivity index (χ3n) is 18.3. The number of esters is 4. The van der Waals surface area contributed by atoms with E-state index in [-0.39, 0.29) is 60.7 Å². The molecule has 7 unspecified atom stereocenters. The van der Waals surface area contributed by atoms with Crippen LogP contribution >= 0.6 is 0 Å². The van der Waals surface area contributed by atoms with E-state index in [0.717, 1.165) is 61.5 Å². The lowest BCUT2D eigenvalue weighted by atomic mass is 9.54. The van der Waals surface area contributed by atoms with E-state index in [1.807, 2.05) is 0 Å². The first-order chi connectivity index (χ1) is 38.4. The largest absolute Gasteiger partial charge is 0.515 e. The van der Waals surface area contributed by atoms with Crippen LogP contribution in [0.15, 0.2) is 41.2 Å². The zero-order chi connectivity index (χ0) is 61.6. The molecule has 83 heavy (non-hydrogen) atoms. The van der Waals surface area contributed by atoms with Crippen molar-refractivity contribution in [3.8, 4) is 0 Å². The molecule has 10 bridgehead atoms. The molecule has 27 heteroatoms. The van der Waals surface area contributed by atoms with Gasteiger partial charge in [-0.3, -0.25) is 0 Å². The van der Waals surface area contributed by atoms with Crippen LogP contribution in [-0.4, -0.2) is 137 Å². The van der Waals surface area contributed by atoms with E-state index in [2.05, 4.69) is 11.3 Å². The van der Waals surface area contributed by atoms with E-state index >= 15 is 0 Å². The lowest BCUT2D eigenvalue weighted by Gasteiger charge is -2.55. The first-order valence-electron chi connectivity index (χ1n) is 27.7. The van der Waals surface area contributed by atoms with Gasteiger partial charge >= 0.3 is 48.6 Å². The summed E-state index contributed by atoms with van der Waals surface area (Å²) < 4.78 is 192. The summed E-state index contributed by atoms with van der Waals surface area (Å²) >= 11 is 0. The zero-order valence-corrected chi connectivity index (χ0v) is 46.0. The molecule has 0 amide bonds. The molecular weight excluding hydrogens is 1140 g/mol. The number of rotatable bonds is 12. The molecule has 3 heterocycles. The summed E-state index contributed by atoms with van der Waals surface area (Å²) in [6.45, 7) is 9.36. The van der Waals surface area contributed by atoms with Crippen molar-refractivity contribution in [3.05, 3.63) is 41.2 Å². The van der Waals surface area contributed by atoms with Gasteiger partial charge in [-0.05, 0) is 178 Å². The molecular formula is C56H70F12O15. The van der Waals surface area contributed by atoms with Crippen molar-refractivity contribution >= 4 is 29.8 Å². The Bertz CT molecular complexity index is 2420. The first kappa shape index (κ1) is 65.8. The Morgan fingerprint density at radius 3 is 1.64 bits per heavy atom. The number of hydrogen-bond acceptors (Lipinski definition) is 15. The molecule has 3 aliphatic heterocycles. The number of halogens is 12. The summed E-state index contributed by atoms with van der Waals surface area (Å²) in [5.74, 6) is 1.82. The van der Waals surface area contributed by atoms with Crippen LogP contribution in [0.25, 0.3) is 0 Å². The number of fused-ring (bicyclic) bond motifs is 1. The highest BCUT2D eigenvalue weighted by Crippen LogP contribution is 2.58. The van der Waals surface area contributed by atoms with Gasteiger partial charge < -0.3 is 48.5 Å². The Labute approximate surface area is 470 Å². The van der Waals surface area contributed by atoms with Gasteiger partial charge in [-0.15, -0.1) is 0 Å². The van der Waals surface area contributed by atoms with Gasteiger partial charge in [0.05, 0.1) is 36.8 Å².